The Morgan fingerprint density at radius 2 is 2.17 bits per heavy atom. The molecule has 1 aromatic rings. The second-order valence-electron chi connectivity index (χ2n) is 3.46. The molecule has 1 rings (SSSR count). The molecule has 1 aromatic heterocycles. The highest BCUT2D eigenvalue weighted by molar-refractivity contribution is 7.11. The van der Waals surface area contributed by atoms with Crippen LogP contribution < -0.4 is 16.0 Å². The smallest absolute Gasteiger partial charge is 0.382 e. The average Bonchev–Trinajstić information content (AvgIpc) is 2.65. The van der Waals surface area contributed by atoms with Gasteiger partial charge >= 0.3 is 6.18 Å². The van der Waals surface area contributed by atoms with Crippen LogP contribution in [-0.2, 0) is 0 Å². The lowest BCUT2D eigenvalue weighted by atomic mass is 10.2. The highest BCUT2D eigenvalue weighted by Crippen LogP contribution is 2.32. The molecule has 102 valence electrons. The van der Waals surface area contributed by atoms with Crippen LogP contribution in [0.3, 0.4) is 0 Å². The summed E-state index contributed by atoms with van der Waals surface area (Å²) in [6.07, 6.45) is -4.35. The number of hydrogen-bond acceptors (Lipinski definition) is 5. The molecular weight excluding hydrogens is 269 g/mol. The van der Waals surface area contributed by atoms with Crippen molar-refractivity contribution in [2.24, 2.45) is 0 Å². The number of amides is 1. The third-order valence-electron chi connectivity index (χ3n) is 2.19. The van der Waals surface area contributed by atoms with E-state index >= 15 is 0 Å². The first-order valence-electron chi connectivity index (χ1n) is 5.09. The van der Waals surface area contributed by atoms with E-state index in [4.69, 9.17) is 5.73 Å². The summed E-state index contributed by atoms with van der Waals surface area (Å²) in [6, 6.07) is 0. The summed E-state index contributed by atoms with van der Waals surface area (Å²) in [4.78, 5) is 12.6. The first-order chi connectivity index (χ1) is 8.30. The number of aromatic nitrogens is 1. The van der Waals surface area contributed by atoms with Gasteiger partial charge in [-0.25, -0.2) is 0 Å². The van der Waals surface area contributed by atoms with Gasteiger partial charge in [-0.1, -0.05) is 0 Å². The molecule has 18 heavy (non-hydrogen) atoms. The van der Waals surface area contributed by atoms with E-state index in [1.54, 1.807) is 6.92 Å². The molecule has 9 heteroatoms. The zero-order valence-electron chi connectivity index (χ0n) is 9.84. The van der Waals surface area contributed by atoms with Crippen molar-refractivity contribution in [2.45, 2.75) is 13.1 Å². The van der Waals surface area contributed by atoms with Gasteiger partial charge in [-0.05, 0) is 18.5 Å². The van der Waals surface area contributed by atoms with Crippen LogP contribution in [0.4, 0.5) is 24.0 Å². The van der Waals surface area contributed by atoms with Gasteiger partial charge in [-0.2, -0.15) is 17.5 Å². The topological polar surface area (TPSA) is 71.2 Å². The Bertz CT molecular complexity index is 432. The van der Waals surface area contributed by atoms with E-state index in [0.29, 0.717) is 0 Å². The van der Waals surface area contributed by atoms with E-state index in [2.05, 4.69) is 9.69 Å². The molecule has 0 aliphatic rings. The van der Waals surface area contributed by atoms with Crippen LogP contribution in [-0.4, -0.2) is 36.6 Å². The fourth-order valence-electron chi connectivity index (χ4n) is 1.39. The lowest BCUT2D eigenvalue weighted by Crippen LogP contribution is -2.35. The molecule has 0 saturated heterocycles. The van der Waals surface area contributed by atoms with Gasteiger partial charge in [-0.15, -0.1) is 0 Å². The molecule has 0 aliphatic carbocycles. The van der Waals surface area contributed by atoms with Gasteiger partial charge in [0.25, 0.3) is 5.91 Å². The normalized spacial score (nSPS) is 11.4. The van der Waals surface area contributed by atoms with Crippen LogP contribution in [0.1, 0.15) is 17.3 Å². The van der Waals surface area contributed by atoms with E-state index in [1.165, 1.54) is 7.05 Å². The molecule has 0 bridgehead atoms. The van der Waals surface area contributed by atoms with Gasteiger partial charge in [0.2, 0.25) is 0 Å². The minimum Gasteiger partial charge on any atom is -0.382 e. The quantitative estimate of drug-likeness (QED) is 0.877. The van der Waals surface area contributed by atoms with Crippen LogP contribution in [0, 0.1) is 0 Å². The molecule has 0 unspecified atom stereocenters. The predicted molar refractivity (Wildman–Crippen MR) is 63.9 cm³/mol. The van der Waals surface area contributed by atoms with Gasteiger partial charge < -0.3 is 16.0 Å². The summed E-state index contributed by atoms with van der Waals surface area (Å²) < 4.78 is 41.0. The van der Waals surface area contributed by atoms with Gasteiger partial charge in [0.1, 0.15) is 17.1 Å². The molecule has 0 saturated carbocycles. The Balaban J connectivity index is 3.10. The molecule has 0 aliphatic heterocycles. The number of carbonyl (C=O) groups is 1. The summed E-state index contributed by atoms with van der Waals surface area (Å²) in [5, 5.41) is 2.46. The SMILES string of the molecule is CCN(CC(F)(F)F)c1snc(N)c1C(=O)NC. The van der Waals surface area contributed by atoms with Crippen LogP contribution >= 0.6 is 11.5 Å². The van der Waals surface area contributed by atoms with Crippen LogP contribution in [0.5, 0.6) is 0 Å². The number of carbonyl (C=O) groups excluding carboxylic acids is 1. The number of nitrogens with zero attached hydrogens (tertiary/aromatic N) is 2. The average molecular weight is 282 g/mol. The number of alkyl halides is 3. The molecule has 1 heterocycles. The second kappa shape index (κ2) is 5.42. The monoisotopic (exact) mass is 282 g/mol. The van der Waals surface area contributed by atoms with Gasteiger partial charge in [0.15, 0.2) is 5.82 Å². The Kier molecular flexibility index (Phi) is 4.38. The van der Waals surface area contributed by atoms with Gasteiger partial charge in [0, 0.05) is 13.6 Å². The summed E-state index contributed by atoms with van der Waals surface area (Å²) in [7, 11) is 1.38. The van der Waals surface area contributed by atoms with E-state index in [0.717, 1.165) is 16.4 Å². The third kappa shape index (κ3) is 3.25. The van der Waals surface area contributed by atoms with Gasteiger partial charge in [0.05, 0.1) is 0 Å². The van der Waals surface area contributed by atoms with Crippen molar-refractivity contribution in [3.05, 3.63) is 5.56 Å². The fraction of sp³-hybridized carbons (Fsp3) is 0.556. The molecule has 1 amide bonds. The Labute approximate surface area is 106 Å². The number of halogens is 3. The Morgan fingerprint density at radius 1 is 1.56 bits per heavy atom. The molecule has 3 N–H and O–H groups in total. The number of anilines is 2. The number of nitrogens with two attached hydrogens (primary N) is 1. The largest absolute Gasteiger partial charge is 0.405 e. The Morgan fingerprint density at radius 3 is 2.61 bits per heavy atom. The number of nitrogens with one attached hydrogen (secondary N) is 1. The maximum Gasteiger partial charge on any atom is 0.405 e. The first-order valence-corrected chi connectivity index (χ1v) is 5.86. The van der Waals surface area contributed by atoms with E-state index in [1.807, 2.05) is 0 Å². The van der Waals surface area contributed by atoms with Crippen LogP contribution in [0.25, 0.3) is 0 Å². The molecule has 0 atom stereocenters. The minimum atomic E-state index is -4.35. The summed E-state index contributed by atoms with van der Waals surface area (Å²) in [5.74, 6) is -0.605. The lowest BCUT2D eigenvalue weighted by molar-refractivity contribution is -0.119. The maximum absolute atomic E-state index is 12.4. The molecular formula is C9H13F3N4OS. The number of nitrogen functional groups attached to an aromatic ring is 1. The third-order valence-corrected chi connectivity index (χ3v) is 3.12. The lowest BCUT2D eigenvalue weighted by Gasteiger charge is -2.23. The van der Waals surface area contributed by atoms with Crippen LogP contribution in [0.2, 0.25) is 0 Å². The fourth-order valence-corrected chi connectivity index (χ4v) is 2.26. The standard InChI is InChI=1S/C9H13F3N4OS/c1-3-16(4-9(10,11)12)8-5(7(17)14-2)6(13)15-18-8/h3-4H2,1-2H3,(H2,13,15)(H,14,17). The molecule has 5 nitrogen and oxygen atoms in total. The molecule has 0 aromatic carbocycles. The van der Waals surface area contributed by atoms with Crippen molar-refractivity contribution in [3.63, 3.8) is 0 Å². The molecule has 0 spiro atoms. The second-order valence-corrected chi connectivity index (χ2v) is 4.21. The maximum atomic E-state index is 12.4. The predicted octanol–water partition coefficient (Wildman–Crippen LogP) is 1.47. The van der Waals surface area contributed by atoms with Crippen LogP contribution in [0.15, 0.2) is 0 Å². The summed E-state index contributed by atoms with van der Waals surface area (Å²) in [5.41, 5.74) is 5.50. The zero-order valence-corrected chi connectivity index (χ0v) is 10.7. The van der Waals surface area contributed by atoms with Gasteiger partial charge in [-0.3, -0.25) is 4.79 Å². The number of hydrogen-bond donors (Lipinski definition) is 2. The van der Waals surface area contributed by atoms with Crippen molar-refractivity contribution >= 4 is 28.3 Å². The zero-order chi connectivity index (χ0) is 13.9. The highest BCUT2D eigenvalue weighted by Gasteiger charge is 2.33. The molecule has 0 fully saturated rings. The summed E-state index contributed by atoms with van der Waals surface area (Å²) in [6.45, 7) is 0.523. The molecule has 0 radical (unpaired) electrons. The first kappa shape index (κ1) is 14.6. The van der Waals surface area contributed by atoms with E-state index in [9.17, 15) is 18.0 Å². The Hall–Kier alpha value is -1.51. The van der Waals surface area contributed by atoms with E-state index < -0.39 is 18.6 Å². The van der Waals surface area contributed by atoms with Crippen molar-refractivity contribution in [1.29, 1.82) is 0 Å². The van der Waals surface area contributed by atoms with Crippen molar-refractivity contribution in [1.82, 2.24) is 9.69 Å². The van der Waals surface area contributed by atoms with Crippen molar-refractivity contribution in [3.8, 4) is 0 Å². The minimum absolute atomic E-state index is 0.00593. The highest BCUT2D eigenvalue weighted by atomic mass is 32.1. The van der Waals surface area contributed by atoms with Crippen molar-refractivity contribution in [2.75, 3.05) is 30.8 Å². The summed E-state index contributed by atoms with van der Waals surface area (Å²) >= 11 is 0.783. The van der Waals surface area contributed by atoms with Crippen molar-refractivity contribution < 1.29 is 18.0 Å². The van der Waals surface area contributed by atoms with E-state index in [-0.39, 0.29) is 22.9 Å². The number of rotatable bonds is 4.